The number of aromatic nitrogens is 1. The summed E-state index contributed by atoms with van der Waals surface area (Å²) in [6, 6.07) is 6.03. The third-order valence-electron chi connectivity index (χ3n) is 5.54. The van der Waals surface area contributed by atoms with Gasteiger partial charge in [0.1, 0.15) is 15.6 Å². The van der Waals surface area contributed by atoms with Crippen LogP contribution in [-0.4, -0.2) is 60.8 Å². The number of carbonyl (C=O) groups excluding carboxylic acids is 2. The van der Waals surface area contributed by atoms with Gasteiger partial charge in [0.2, 0.25) is 5.91 Å². The van der Waals surface area contributed by atoms with Gasteiger partial charge in [-0.3, -0.25) is 4.79 Å². The number of thiophene rings is 1. The highest BCUT2D eigenvalue weighted by atomic mass is 79.9. The Balaban J connectivity index is 1.61. The second-order valence-electron chi connectivity index (χ2n) is 9.53. The van der Waals surface area contributed by atoms with Crippen molar-refractivity contribution in [2.45, 2.75) is 45.8 Å². The minimum absolute atomic E-state index is 0.0624. The molecule has 11 heteroatoms. The molecule has 0 radical (unpaired) electrons. The zero-order chi connectivity index (χ0) is 25.9. The first-order valence-electron chi connectivity index (χ1n) is 11.8. The number of nitrogens with one attached hydrogen (secondary N) is 2. The monoisotopic (exact) mass is 594 g/mol. The van der Waals surface area contributed by atoms with Gasteiger partial charge in [0.15, 0.2) is 0 Å². The highest BCUT2D eigenvalue weighted by molar-refractivity contribution is 9.10. The summed E-state index contributed by atoms with van der Waals surface area (Å²) in [5, 5.41) is 7.99. The Kier molecular flexibility index (Phi) is 8.67. The molecule has 3 aromatic rings. The van der Waals surface area contributed by atoms with Crippen LogP contribution in [-0.2, 0) is 27.2 Å². The summed E-state index contributed by atoms with van der Waals surface area (Å²) in [4.78, 5) is 33.2. The molecule has 36 heavy (non-hydrogen) atoms. The van der Waals surface area contributed by atoms with Crippen molar-refractivity contribution in [1.29, 1.82) is 0 Å². The molecule has 0 aliphatic carbocycles. The van der Waals surface area contributed by atoms with Crippen molar-refractivity contribution in [3.63, 3.8) is 0 Å². The Morgan fingerprint density at radius 1 is 1.22 bits per heavy atom. The fourth-order valence-electron chi connectivity index (χ4n) is 3.90. The molecule has 1 aliphatic heterocycles. The number of fused-ring (bicyclic) bond motifs is 2. The smallest absolute Gasteiger partial charge is 0.410 e. The zero-order valence-corrected chi connectivity index (χ0v) is 24.1. The molecule has 0 saturated carbocycles. The fourth-order valence-corrected chi connectivity index (χ4v) is 6.84. The second-order valence-corrected chi connectivity index (χ2v) is 12.6. The predicted molar refractivity (Wildman–Crippen MR) is 149 cm³/mol. The van der Waals surface area contributed by atoms with E-state index in [0.29, 0.717) is 45.6 Å². The van der Waals surface area contributed by atoms with E-state index in [1.54, 1.807) is 23.3 Å². The first-order chi connectivity index (χ1) is 17.1. The average Bonchev–Trinajstić information content (AvgIpc) is 3.37. The Morgan fingerprint density at radius 3 is 2.78 bits per heavy atom. The van der Waals surface area contributed by atoms with Crippen LogP contribution in [0.15, 0.2) is 22.7 Å². The van der Waals surface area contributed by atoms with E-state index in [2.05, 4.69) is 32.6 Å². The van der Waals surface area contributed by atoms with Gasteiger partial charge in [-0.2, -0.15) is 0 Å². The number of amides is 2. The van der Waals surface area contributed by atoms with E-state index in [1.807, 2.05) is 32.9 Å². The second kappa shape index (κ2) is 11.6. The lowest BCUT2D eigenvalue weighted by molar-refractivity contribution is -0.116. The number of anilines is 1. The van der Waals surface area contributed by atoms with E-state index < -0.39 is 5.60 Å². The summed E-state index contributed by atoms with van der Waals surface area (Å²) in [5.41, 5.74) is 2.48. The number of hydrogen-bond acceptors (Lipinski definition) is 8. The van der Waals surface area contributed by atoms with Gasteiger partial charge in [-0.05, 0) is 51.0 Å². The normalized spacial score (nSPS) is 13.6. The summed E-state index contributed by atoms with van der Waals surface area (Å²) < 4.78 is 12.7. The average molecular weight is 596 g/mol. The SMILES string of the molecule is COCCNCCC(=O)Nc1sc2c(c1-c1nc3ccc(Br)cc3s1)CCN(C(=O)OC(C)(C)C)C2. The summed E-state index contributed by atoms with van der Waals surface area (Å²) in [5.74, 6) is -0.0624. The molecule has 0 fully saturated rings. The topological polar surface area (TPSA) is 92.8 Å². The molecule has 2 aromatic heterocycles. The lowest BCUT2D eigenvalue weighted by Crippen LogP contribution is -2.39. The Hall–Kier alpha value is -2.05. The quantitative estimate of drug-likeness (QED) is 0.328. The molecule has 1 aliphatic rings. The number of thiazole rings is 1. The molecular weight excluding hydrogens is 564 g/mol. The zero-order valence-electron chi connectivity index (χ0n) is 20.9. The number of rotatable bonds is 8. The minimum Gasteiger partial charge on any atom is -0.444 e. The van der Waals surface area contributed by atoms with Crippen LogP contribution < -0.4 is 10.6 Å². The van der Waals surface area contributed by atoms with Crippen molar-refractivity contribution >= 4 is 65.8 Å². The van der Waals surface area contributed by atoms with Crippen LogP contribution in [0.25, 0.3) is 20.8 Å². The van der Waals surface area contributed by atoms with Gasteiger partial charge in [-0.1, -0.05) is 15.9 Å². The Morgan fingerprint density at radius 2 is 2.03 bits per heavy atom. The van der Waals surface area contributed by atoms with Crippen LogP contribution in [0.4, 0.5) is 9.80 Å². The highest BCUT2D eigenvalue weighted by Crippen LogP contribution is 2.46. The van der Waals surface area contributed by atoms with Crippen molar-refractivity contribution in [3.05, 3.63) is 33.1 Å². The van der Waals surface area contributed by atoms with Crippen LogP contribution in [0.1, 0.15) is 37.6 Å². The molecule has 0 bridgehead atoms. The standard InChI is InChI=1S/C25H31BrN4O4S2/c1-25(2,3)34-24(32)30-11-8-16-19(14-30)36-23(29-20(31)7-9-27-10-12-33-4)21(16)22-28-17-6-5-15(26)13-18(17)35-22/h5-6,13,27H,7-12,14H2,1-4H3,(H,29,31). The Labute approximate surface area is 227 Å². The lowest BCUT2D eigenvalue weighted by atomic mass is 10.0. The summed E-state index contributed by atoms with van der Waals surface area (Å²) in [7, 11) is 1.65. The van der Waals surface area contributed by atoms with Crippen molar-refractivity contribution in [1.82, 2.24) is 15.2 Å². The third-order valence-corrected chi connectivity index (χ3v) is 8.20. The van der Waals surface area contributed by atoms with Crippen LogP contribution in [0, 0.1) is 0 Å². The molecule has 194 valence electrons. The first-order valence-corrected chi connectivity index (χ1v) is 14.3. The number of benzene rings is 1. The van der Waals surface area contributed by atoms with Crippen LogP contribution in [0.5, 0.6) is 0 Å². The van der Waals surface area contributed by atoms with Gasteiger partial charge in [0.05, 0.1) is 23.4 Å². The van der Waals surface area contributed by atoms with E-state index in [9.17, 15) is 9.59 Å². The lowest BCUT2D eigenvalue weighted by Gasteiger charge is -2.30. The van der Waals surface area contributed by atoms with E-state index in [4.69, 9.17) is 14.5 Å². The van der Waals surface area contributed by atoms with Gasteiger partial charge in [0, 0.05) is 48.1 Å². The van der Waals surface area contributed by atoms with Gasteiger partial charge in [0.25, 0.3) is 0 Å². The Bertz CT molecular complexity index is 1250. The van der Waals surface area contributed by atoms with Gasteiger partial charge in [-0.25, -0.2) is 9.78 Å². The van der Waals surface area contributed by atoms with Crippen molar-refractivity contribution in [2.24, 2.45) is 0 Å². The summed E-state index contributed by atoms with van der Waals surface area (Å²) in [6.45, 7) is 8.48. The van der Waals surface area contributed by atoms with E-state index in [1.165, 1.54) is 11.3 Å². The van der Waals surface area contributed by atoms with Gasteiger partial charge < -0.3 is 25.0 Å². The molecule has 0 saturated heterocycles. The summed E-state index contributed by atoms with van der Waals surface area (Å²) >= 11 is 6.67. The third kappa shape index (κ3) is 6.63. The molecule has 3 heterocycles. The summed E-state index contributed by atoms with van der Waals surface area (Å²) in [6.07, 6.45) is 0.706. The first kappa shape index (κ1) is 27.0. The molecule has 8 nitrogen and oxygen atoms in total. The van der Waals surface area contributed by atoms with Gasteiger partial charge >= 0.3 is 6.09 Å². The largest absolute Gasteiger partial charge is 0.444 e. The fraction of sp³-hybridized carbons (Fsp3) is 0.480. The van der Waals surface area contributed by atoms with Gasteiger partial charge in [-0.15, -0.1) is 22.7 Å². The molecule has 1 aromatic carbocycles. The van der Waals surface area contributed by atoms with E-state index in [-0.39, 0.29) is 12.0 Å². The van der Waals surface area contributed by atoms with Crippen LogP contribution >= 0.6 is 38.6 Å². The van der Waals surface area contributed by atoms with Crippen LogP contribution in [0.3, 0.4) is 0 Å². The number of nitrogens with zero attached hydrogens (tertiary/aromatic N) is 2. The van der Waals surface area contributed by atoms with E-state index in [0.717, 1.165) is 40.7 Å². The molecule has 2 N–H and O–H groups in total. The maximum absolute atomic E-state index is 12.8. The molecular formula is C25H31BrN4O4S2. The number of hydrogen-bond donors (Lipinski definition) is 2. The highest BCUT2D eigenvalue weighted by Gasteiger charge is 2.31. The number of ether oxygens (including phenoxy) is 2. The molecule has 0 spiro atoms. The van der Waals surface area contributed by atoms with Crippen LogP contribution in [0.2, 0.25) is 0 Å². The number of carbonyl (C=O) groups is 2. The molecule has 2 amide bonds. The predicted octanol–water partition coefficient (Wildman–Crippen LogP) is 5.65. The maximum atomic E-state index is 12.8. The number of halogens is 1. The van der Waals surface area contributed by atoms with Crippen molar-refractivity contribution in [2.75, 3.05) is 38.7 Å². The van der Waals surface area contributed by atoms with Crippen molar-refractivity contribution < 1.29 is 19.1 Å². The van der Waals surface area contributed by atoms with Crippen molar-refractivity contribution in [3.8, 4) is 10.6 Å². The minimum atomic E-state index is -0.552. The molecule has 4 rings (SSSR count). The molecule has 0 unspecified atom stereocenters. The maximum Gasteiger partial charge on any atom is 0.410 e. The molecule has 0 atom stereocenters. The number of methoxy groups -OCH3 is 1. The van der Waals surface area contributed by atoms with E-state index >= 15 is 0 Å².